The van der Waals surface area contributed by atoms with Crippen molar-refractivity contribution in [3.8, 4) is 0 Å². The Balaban J connectivity index is 1.03. The van der Waals surface area contributed by atoms with Crippen LogP contribution in [0, 0.1) is 0 Å². The van der Waals surface area contributed by atoms with E-state index in [1.165, 1.54) is 45.0 Å². The Morgan fingerprint density at radius 1 is 0.788 bits per heavy atom. The third-order valence-electron chi connectivity index (χ3n) is 7.95. The molecule has 12 N–H and O–H groups in total. The average molecular weight is 801 g/mol. The SMILES string of the molecule is Cn1c[n+]([C@@H]2O[C@H](COP(=O)(O)O[P+](=O)OP(=O)(O)OC[C@H]3O[C@@H]([n+]4cn(C)c5c(=O)[nH]c(N)nc54)[C@H](O)[C@@H]3O)[C@@H](O)[C@H]2O)c2nc(N)[nH]c(=O)c21. The summed E-state index contributed by atoms with van der Waals surface area (Å²) in [4.78, 5) is 57.4. The number of nitrogens with zero attached hydrogens (tertiary/aromatic N) is 6. The molecule has 2 aliphatic rings. The van der Waals surface area contributed by atoms with Gasteiger partial charge in [-0.15, -0.1) is 0 Å². The Kier molecular flexibility index (Phi) is 10.2. The van der Waals surface area contributed by atoms with Gasteiger partial charge in [0, 0.05) is 4.57 Å². The molecule has 0 saturated carbocycles. The number of anilines is 2. The van der Waals surface area contributed by atoms with Gasteiger partial charge in [-0.05, 0) is 8.62 Å². The van der Waals surface area contributed by atoms with Gasteiger partial charge in [-0.2, -0.15) is 0 Å². The molecule has 4 aromatic heterocycles. The molecular formula is C22H32N10O17P3+3. The van der Waals surface area contributed by atoms with Gasteiger partial charge >= 0.3 is 35.2 Å². The highest BCUT2D eigenvalue weighted by Gasteiger charge is 2.51. The highest BCUT2D eigenvalue weighted by Crippen LogP contribution is 2.60. The van der Waals surface area contributed by atoms with Crippen LogP contribution in [0.2, 0.25) is 0 Å². The van der Waals surface area contributed by atoms with Crippen LogP contribution in [0.4, 0.5) is 11.9 Å². The summed E-state index contributed by atoms with van der Waals surface area (Å²) in [5.74, 6) is -0.510. The van der Waals surface area contributed by atoms with E-state index in [2.05, 4.69) is 28.6 Å². The lowest BCUT2D eigenvalue weighted by molar-refractivity contribution is -0.746. The summed E-state index contributed by atoms with van der Waals surface area (Å²) in [6.45, 7) is -1.93. The molecule has 2 saturated heterocycles. The topological polar surface area (TPSA) is 389 Å². The first-order valence-corrected chi connectivity index (χ1v) is 18.7. The fraction of sp³-hybridized carbons (Fsp3) is 0.545. The number of aromatic amines is 2. The quantitative estimate of drug-likeness (QED) is 0.0476. The number of aryl methyl sites for hydroxylation is 2. The second-order valence-electron chi connectivity index (χ2n) is 11.5. The number of nitrogens with two attached hydrogens (primary N) is 2. The van der Waals surface area contributed by atoms with Crippen molar-refractivity contribution in [1.29, 1.82) is 0 Å². The van der Waals surface area contributed by atoms with E-state index in [1.54, 1.807) is 0 Å². The van der Waals surface area contributed by atoms with Gasteiger partial charge in [0.05, 0.1) is 27.3 Å². The zero-order valence-corrected chi connectivity index (χ0v) is 29.2. The minimum Gasteiger partial charge on any atom is -0.387 e. The van der Waals surface area contributed by atoms with Gasteiger partial charge in [0.15, 0.2) is 12.7 Å². The van der Waals surface area contributed by atoms with Crippen LogP contribution in [0.3, 0.4) is 0 Å². The maximum Gasteiger partial charge on any atom is 0.719 e. The number of H-pyrrole nitrogens is 2. The van der Waals surface area contributed by atoms with E-state index in [-0.39, 0.29) is 34.2 Å². The van der Waals surface area contributed by atoms with Gasteiger partial charge < -0.3 is 41.4 Å². The Bertz CT molecular complexity index is 2110. The molecule has 284 valence electrons. The number of aliphatic hydroxyl groups is 4. The van der Waals surface area contributed by atoms with Gasteiger partial charge in [0.25, 0.3) is 23.0 Å². The number of fused-ring (bicyclic) bond motifs is 2. The molecule has 2 fully saturated rings. The fourth-order valence-electron chi connectivity index (χ4n) is 5.67. The van der Waals surface area contributed by atoms with Crippen LogP contribution < -0.4 is 31.7 Å². The van der Waals surface area contributed by atoms with Gasteiger partial charge in [0.2, 0.25) is 23.5 Å². The van der Waals surface area contributed by atoms with Crippen molar-refractivity contribution >= 4 is 58.1 Å². The van der Waals surface area contributed by atoms with Gasteiger partial charge in [-0.1, -0.05) is 9.97 Å². The summed E-state index contributed by atoms with van der Waals surface area (Å²) in [7, 11) is -11.7. The third kappa shape index (κ3) is 7.30. The average Bonchev–Trinajstić information content (AvgIpc) is 3.72. The number of ether oxygens (including phenoxy) is 2. The van der Waals surface area contributed by atoms with Crippen LogP contribution in [0.25, 0.3) is 22.3 Å². The minimum absolute atomic E-state index is 0.0306. The number of hydrogen-bond donors (Lipinski definition) is 10. The summed E-state index contributed by atoms with van der Waals surface area (Å²) in [6, 6.07) is 0. The highest BCUT2D eigenvalue weighted by molar-refractivity contribution is 7.61. The number of nitrogens with one attached hydrogen (secondary N) is 2. The molecular weight excluding hydrogens is 769 g/mol. The van der Waals surface area contributed by atoms with Crippen molar-refractivity contribution in [2.75, 3.05) is 24.7 Å². The summed E-state index contributed by atoms with van der Waals surface area (Å²) in [5, 5.41) is 42.2. The van der Waals surface area contributed by atoms with E-state index < -0.39 is 97.3 Å². The lowest BCUT2D eigenvalue weighted by atomic mass is 10.1. The first-order chi connectivity index (χ1) is 24.3. The molecule has 0 bridgehead atoms. The Morgan fingerprint density at radius 2 is 1.15 bits per heavy atom. The predicted octanol–water partition coefficient (Wildman–Crippen LogP) is -4.56. The summed E-state index contributed by atoms with van der Waals surface area (Å²) >= 11 is 0. The van der Waals surface area contributed by atoms with Crippen molar-refractivity contribution in [3.05, 3.63) is 33.4 Å². The van der Waals surface area contributed by atoms with E-state index in [0.717, 1.165) is 0 Å². The number of nitrogen functional groups attached to an aromatic ring is 2. The number of imidazole rings is 2. The van der Waals surface area contributed by atoms with Crippen molar-refractivity contribution in [3.63, 3.8) is 0 Å². The number of hydrogen-bond acceptors (Lipinski definition) is 19. The number of rotatable bonds is 12. The van der Waals surface area contributed by atoms with Crippen LogP contribution in [-0.2, 0) is 54.9 Å². The third-order valence-corrected chi connectivity index (χ3v) is 11.6. The van der Waals surface area contributed by atoms with E-state index in [1.807, 2.05) is 0 Å². The predicted molar refractivity (Wildman–Crippen MR) is 165 cm³/mol. The van der Waals surface area contributed by atoms with Crippen molar-refractivity contribution < 1.29 is 80.2 Å². The number of phosphoric ester groups is 2. The molecule has 2 aliphatic heterocycles. The maximum absolute atomic E-state index is 12.5. The Hall–Kier alpha value is -3.62. The molecule has 0 amide bonds. The van der Waals surface area contributed by atoms with Crippen LogP contribution in [-0.4, -0.2) is 109 Å². The van der Waals surface area contributed by atoms with Crippen LogP contribution >= 0.6 is 23.9 Å². The van der Waals surface area contributed by atoms with E-state index in [9.17, 15) is 53.5 Å². The van der Waals surface area contributed by atoms with Crippen molar-refractivity contribution in [1.82, 2.24) is 29.1 Å². The molecule has 30 heteroatoms. The molecule has 27 nitrogen and oxygen atoms in total. The minimum atomic E-state index is -5.39. The summed E-state index contributed by atoms with van der Waals surface area (Å²) in [6.07, 6.45) is -10.1. The molecule has 52 heavy (non-hydrogen) atoms. The van der Waals surface area contributed by atoms with E-state index >= 15 is 0 Å². The van der Waals surface area contributed by atoms with Crippen LogP contribution in [0.15, 0.2) is 22.2 Å². The summed E-state index contributed by atoms with van der Waals surface area (Å²) in [5.41, 5.74) is 10.0. The Morgan fingerprint density at radius 3 is 1.52 bits per heavy atom. The smallest absolute Gasteiger partial charge is 0.387 e. The molecule has 6 rings (SSSR count). The van der Waals surface area contributed by atoms with Gasteiger partial charge in [0.1, 0.15) is 36.6 Å². The molecule has 4 aromatic rings. The maximum atomic E-state index is 12.5. The van der Waals surface area contributed by atoms with Crippen molar-refractivity contribution in [2.45, 2.75) is 49.1 Å². The van der Waals surface area contributed by atoms with E-state index in [4.69, 9.17) is 30.0 Å². The number of phosphoric acid groups is 2. The zero-order chi connectivity index (χ0) is 38.0. The standard InChI is InChI=1S/C22H29N10O17P3/c1-29-5-31(15-9(29)17(37)27-21(23)25-15)19-13(35)11(33)7(46-19)3-44-51(40,41)48-50(39)49-52(42,43)45-4-8-12(34)14(36)20(47-8)32-6-30(2)10-16(32)26-22(24)28-18(10)38/h5-8,11-14,19-20,33-36H,3-4H2,1-2H3,(H5-3,23,24,25,26,27,28,37,38,40,41,42,43)/p+3/t7-,8-,11-,12-,13-,14-,19-,20-/m1/s1. The first-order valence-electron chi connectivity index (χ1n) is 14.6. The summed E-state index contributed by atoms with van der Waals surface area (Å²) < 4.78 is 71.3. The van der Waals surface area contributed by atoms with Crippen molar-refractivity contribution in [2.24, 2.45) is 14.1 Å². The largest absolute Gasteiger partial charge is 0.719 e. The molecule has 10 atom stereocenters. The lowest BCUT2D eigenvalue weighted by Gasteiger charge is -2.15. The molecule has 0 aromatic carbocycles. The van der Waals surface area contributed by atoms with Gasteiger partial charge in [-0.25, -0.2) is 18.3 Å². The molecule has 0 spiro atoms. The number of aliphatic hydroxyl groups excluding tert-OH is 4. The normalized spacial score (nSPS) is 29.1. The highest BCUT2D eigenvalue weighted by atomic mass is 31.3. The molecule has 6 heterocycles. The molecule has 0 radical (unpaired) electrons. The van der Waals surface area contributed by atoms with E-state index in [0.29, 0.717) is 0 Å². The molecule has 2 unspecified atom stereocenters. The molecule has 0 aliphatic carbocycles. The number of aromatic nitrogens is 8. The second-order valence-corrected chi connectivity index (χ2v) is 15.7. The monoisotopic (exact) mass is 801 g/mol. The van der Waals surface area contributed by atoms with Gasteiger partial charge in [-0.3, -0.25) is 47.5 Å². The first kappa shape index (κ1) is 38.1. The zero-order valence-electron chi connectivity index (χ0n) is 26.5. The fourth-order valence-corrected chi connectivity index (χ4v) is 8.45. The van der Waals surface area contributed by atoms with Crippen LogP contribution in [0.5, 0.6) is 0 Å². The second kappa shape index (κ2) is 14.0. The lowest BCUT2D eigenvalue weighted by Crippen LogP contribution is -2.46. The Labute approximate surface area is 288 Å². The van der Waals surface area contributed by atoms with Crippen LogP contribution in [0.1, 0.15) is 12.5 Å².